The van der Waals surface area contributed by atoms with Gasteiger partial charge < -0.3 is 9.13 Å². The molecule has 0 aliphatic rings. The molecule has 5 nitrogen and oxygen atoms in total. The lowest BCUT2D eigenvalue weighted by Crippen LogP contribution is -2.02. The third kappa shape index (κ3) is 5.86. The Morgan fingerprint density at radius 1 is 0.279 bits per heavy atom. The smallest absolute Gasteiger partial charge is 0.164 e. The fraction of sp³-hybridized carbons (Fsp3) is 0. The summed E-state index contributed by atoms with van der Waals surface area (Å²) in [5.74, 6) is 1.87. The van der Waals surface area contributed by atoms with Crippen LogP contribution in [0.3, 0.4) is 0 Å². The number of nitrogens with zero attached hydrogens (tertiary/aromatic N) is 5. The van der Waals surface area contributed by atoms with Crippen molar-refractivity contribution in [1.29, 1.82) is 0 Å². The summed E-state index contributed by atoms with van der Waals surface area (Å²) in [4.78, 5) is 15.8. The van der Waals surface area contributed by atoms with E-state index in [4.69, 9.17) is 15.0 Å². The highest BCUT2D eigenvalue weighted by Gasteiger charge is 2.24. The van der Waals surface area contributed by atoms with Crippen LogP contribution in [-0.4, -0.2) is 24.1 Å². The molecule has 0 radical (unpaired) electrons. The van der Waals surface area contributed by atoms with Crippen molar-refractivity contribution < 1.29 is 0 Å². The first-order valence-corrected chi connectivity index (χ1v) is 23.1. The van der Waals surface area contributed by atoms with E-state index in [1.54, 1.807) is 0 Å². The number of benzene rings is 11. The zero-order valence-electron chi connectivity index (χ0n) is 36.8. The molecule has 0 fully saturated rings. The monoisotopic (exact) mass is 865 g/mol. The summed E-state index contributed by atoms with van der Waals surface area (Å²) in [6.45, 7) is 0. The molecular weight excluding hydrogens is 827 g/mol. The highest BCUT2D eigenvalue weighted by molar-refractivity contribution is 6.24. The lowest BCUT2D eigenvalue weighted by atomic mass is 9.99. The van der Waals surface area contributed by atoms with Crippen LogP contribution in [0, 0.1) is 0 Å². The highest BCUT2D eigenvalue weighted by Crippen LogP contribution is 2.45. The van der Waals surface area contributed by atoms with Crippen LogP contribution >= 0.6 is 0 Å². The van der Waals surface area contributed by atoms with Crippen molar-refractivity contribution in [3.05, 3.63) is 237 Å². The number of aromatic nitrogens is 5. The summed E-state index contributed by atoms with van der Waals surface area (Å²) >= 11 is 0. The number of fused-ring (bicyclic) bond motifs is 10. The van der Waals surface area contributed by atoms with Crippen molar-refractivity contribution in [3.63, 3.8) is 0 Å². The van der Waals surface area contributed by atoms with E-state index in [9.17, 15) is 0 Å². The summed E-state index contributed by atoms with van der Waals surface area (Å²) < 4.78 is 4.96. The van der Waals surface area contributed by atoms with E-state index in [-0.39, 0.29) is 0 Å². The van der Waals surface area contributed by atoms with Gasteiger partial charge in [0.15, 0.2) is 17.5 Å². The third-order valence-electron chi connectivity index (χ3n) is 13.7. The van der Waals surface area contributed by atoms with Gasteiger partial charge in [-0.3, -0.25) is 0 Å². The molecule has 11 aromatic carbocycles. The van der Waals surface area contributed by atoms with Crippen LogP contribution in [0.1, 0.15) is 0 Å². The quantitative estimate of drug-likeness (QED) is 0.167. The van der Waals surface area contributed by atoms with Crippen LogP contribution in [0.25, 0.3) is 133 Å². The van der Waals surface area contributed by atoms with E-state index in [2.05, 4.69) is 240 Å². The average molecular weight is 866 g/mol. The molecule has 0 aliphatic heterocycles. The van der Waals surface area contributed by atoms with Crippen molar-refractivity contribution in [2.24, 2.45) is 0 Å². The summed E-state index contributed by atoms with van der Waals surface area (Å²) in [6, 6.07) is 84.6. The Morgan fingerprint density at radius 3 is 1.60 bits per heavy atom. The standard InChI is InChI=1S/C63H39N5/c1-2-17-40(18-3-1)46-24-10-11-28-52(46)62-64-61(65-63(66-62)53-30-16-22-41-19-4-7-23-47(41)53)43-33-36-45(37-34-43)67-56-32-15-13-29-54(56)58-57(67)39-44-21-6-9-26-49(44)60(58)68-55-31-14-12-27-50(55)51-38-35-42-20-5-8-25-48(42)59(51)68/h1-39H. The zero-order valence-corrected chi connectivity index (χ0v) is 36.8. The van der Waals surface area contributed by atoms with E-state index in [1.807, 2.05) is 6.07 Å². The van der Waals surface area contributed by atoms with Crippen LogP contribution in [-0.2, 0) is 0 Å². The number of hydrogen-bond acceptors (Lipinski definition) is 3. The maximum absolute atomic E-state index is 5.27. The second-order valence-corrected chi connectivity index (χ2v) is 17.5. The molecule has 0 spiro atoms. The number of hydrogen-bond donors (Lipinski definition) is 0. The minimum atomic E-state index is 0.612. The predicted octanol–water partition coefficient (Wildman–Crippen LogP) is 16.2. The molecular formula is C63H39N5. The average Bonchev–Trinajstić information content (AvgIpc) is 3.93. The van der Waals surface area contributed by atoms with Gasteiger partial charge in [-0.1, -0.05) is 194 Å². The molecule has 0 saturated carbocycles. The Balaban J connectivity index is 0.997. The SMILES string of the molecule is c1ccc(-c2ccccc2-c2nc(-c3ccc(-n4c5ccccc5c5c(-n6c7ccccc7c7ccc8ccccc8c76)c6ccccc6cc54)cc3)nc(-c3cccc4ccccc34)n2)cc1. The van der Waals surface area contributed by atoms with Gasteiger partial charge in [-0.15, -0.1) is 0 Å². The topological polar surface area (TPSA) is 48.5 Å². The molecule has 0 N–H and O–H groups in total. The second-order valence-electron chi connectivity index (χ2n) is 17.5. The third-order valence-corrected chi connectivity index (χ3v) is 13.7. The van der Waals surface area contributed by atoms with Crippen molar-refractivity contribution in [2.75, 3.05) is 0 Å². The molecule has 68 heavy (non-hydrogen) atoms. The summed E-state index contributed by atoms with van der Waals surface area (Å²) in [7, 11) is 0. The van der Waals surface area contributed by atoms with E-state index in [0.717, 1.165) is 55.3 Å². The minimum Gasteiger partial charge on any atom is -0.309 e. The van der Waals surface area contributed by atoms with Gasteiger partial charge in [0.2, 0.25) is 0 Å². The highest BCUT2D eigenvalue weighted by atomic mass is 15.0. The number of rotatable bonds is 6. The molecule has 0 bridgehead atoms. The lowest BCUT2D eigenvalue weighted by Gasteiger charge is -2.16. The van der Waals surface area contributed by atoms with Crippen LogP contribution in [0.2, 0.25) is 0 Å². The maximum atomic E-state index is 5.27. The summed E-state index contributed by atoms with van der Waals surface area (Å²) in [6.07, 6.45) is 0. The molecule has 0 saturated heterocycles. The first kappa shape index (κ1) is 38.1. The van der Waals surface area contributed by atoms with E-state index >= 15 is 0 Å². The fourth-order valence-electron chi connectivity index (χ4n) is 10.7. The summed E-state index contributed by atoms with van der Waals surface area (Å²) in [5, 5.41) is 11.9. The van der Waals surface area contributed by atoms with Crippen LogP contribution in [0.15, 0.2) is 237 Å². The van der Waals surface area contributed by atoms with Gasteiger partial charge >= 0.3 is 0 Å². The molecule has 14 aromatic rings. The molecule has 316 valence electrons. The van der Waals surface area contributed by atoms with E-state index in [0.29, 0.717) is 17.5 Å². The first-order valence-electron chi connectivity index (χ1n) is 23.1. The van der Waals surface area contributed by atoms with Gasteiger partial charge in [0, 0.05) is 54.7 Å². The van der Waals surface area contributed by atoms with Crippen molar-refractivity contribution >= 4 is 75.9 Å². The Kier molecular flexibility index (Phi) is 8.52. The molecule has 0 unspecified atom stereocenters. The Morgan fingerprint density at radius 2 is 0.824 bits per heavy atom. The van der Waals surface area contributed by atoms with Gasteiger partial charge in [0.05, 0.1) is 27.8 Å². The molecule has 0 amide bonds. The van der Waals surface area contributed by atoms with Crippen LogP contribution in [0.5, 0.6) is 0 Å². The Hall–Kier alpha value is -9.19. The zero-order chi connectivity index (χ0) is 44.7. The molecule has 14 rings (SSSR count). The van der Waals surface area contributed by atoms with Gasteiger partial charge in [-0.05, 0) is 75.1 Å². The van der Waals surface area contributed by atoms with Crippen LogP contribution in [0.4, 0.5) is 0 Å². The van der Waals surface area contributed by atoms with Crippen LogP contribution < -0.4 is 0 Å². The summed E-state index contributed by atoms with van der Waals surface area (Å²) in [5.41, 5.74) is 11.9. The lowest BCUT2D eigenvalue weighted by molar-refractivity contribution is 1.08. The van der Waals surface area contributed by atoms with Gasteiger partial charge in [-0.2, -0.15) is 0 Å². The normalized spacial score (nSPS) is 11.8. The van der Waals surface area contributed by atoms with E-state index < -0.39 is 0 Å². The van der Waals surface area contributed by atoms with Gasteiger partial charge in [0.1, 0.15) is 0 Å². The largest absolute Gasteiger partial charge is 0.309 e. The second kappa shape index (κ2) is 15.2. The first-order chi connectivity index (χ1) is 33.7. The Labute approximate surface area is 391 Å². The molecule has 3 aromatic heterocycles. The maximum Gasteiger partial charge on any atom is 0.164 e. The fourth-order valence-corrected chi connectivity index (χ4v) is 10.7. The van der Waals surface area contributed by atoms with Gasteiger partial charge in [0.25, 0.3) is 0 Å². The van der Waals surface area contributed by atoms with Crippen molar-refractivity contribution in [1.82, 2.24) is 24.1 Å². The molecule has 0 aliphatic carbocycles. The van der Waals surface area contributed by atoms with Gasteiger partial charge in [-0.25, -0.2) is 15.0 Å². The molecule has 3 heterocycles. The Bertz CT molecular complexity index is 4310. The molecule has 0 atom stereocenters. The van der Waals surface area contributed by atoms with Crippen molar-refractivity contribution in [2.45, 2.75) is 0 Å². The van der Waals surface area contributed by atoms with Crippen molar-refractivity contribution in [3.8, 4) is 56.7 Å². The number of para-hydroxylation sites is 2. The van der Waals surface area contributed by atoms with E-state index in [1.165, 1.54) is 59.8 Å². The minimum absolute atomic E-state index is 0.612. The molecule has 5 heteroatoms. The predicted molar refractivity (Wildman–Crippen MR) is 283 cm³/mol.